The summed E-state index contributed by atoms with van der Waals surface area (Å²) in [6.45, 7) is 0. The van der Waals surface area contributed by atoms with Crippen molar-refractivity contribution in [3.05, 3.63) is 0 Å². The Morgan fingerprint density at radius 2 is 1.92 bits per heavy atom. The van der Waals surface area contributed by atoms with Crippen molar-refractivity contribution < 1.29 is 19.1 Å². The van der Waals surface area contributed by atoms with Crippen LogP contribution in [0.15, 0.2) is 0 Å². The van der Waals surface area contributed by atoms with E-state index in [1.54, 1.807) is 7.05 Å². The van der Waals surface area contributed by atoms with Gasteiger partial charge in [0.1, 0.15) is 0 Å². The van der Waals surface area contributed by atoms with E-state index in [1.807, 2.05) is 0 Å². The molecule has 0 spiro atoms. The van der Waals surface area contributed by atoms with Crippen molar-refractivity contribution >= 4 is 11.9 Å². The summed E-state index contributed by atoms with van der Waals surface area (Å²) in [5.74, 6) is 0. The van der Waals surface area contributed by atoms with Gasteiger partial charge in [0.05, 0.1) is 7.11 Å². The predicted octanol–water partition coefficient (Wildman–Crippen LogP) is 1.73. The van der Waals surface area contributed by atoms with Gasteiger partial charge in [0.2, 0.25) is 5.71 Å². The molecular formula is C9H16NO3+. The summed E-state index contributed by atoms with van der Waals surface area (Å²) in [4.78, 5) is 15.6. The minimum Gasteiger partial charge on any atom is -0.434 e. The summed E-state index contributed by atoms with van der Waals surface area (Å²) >= 11 is 0. The molecule has 0 N–H and O–H groups in total. The van der Waals surface area contributed by atoms with Crippen LogP contribution >= 0.6 is 0 Å². The Labute approximate surface area is 78.1 Å². The van der Waals surface area contributed by atoms with E-state index in [1.165, 1.54) is 36.8 Å². The third-order valence-electron chi connectivity index (χ3n) is 2.25. The first-order valence-electron chi connectivity index (χ1n) is 4.58. The van der Waals surface area contributed by atoms with Gasteiger partial charge in [0.25, 0.3) is 0 Å². The van der Waals surface area contributed by atoms with Crippen LogP contribution in [0.5, 0.6) is 0 Å². The standard InChI is InChI=1S/C9H16NO3/c1-10(13-9(11)12-2)8-6-4-3-5-7-8/h3-7H2,1-2H3/q+1. The molecule has 0 saturated heterocycles. The van der Waals surface area contributed by atoms with Crippen molar-refractivity contribution in [2.75, 3.05) is 14.2 Å². The van der Waals surface area contributed by atoms with E-state index in [2.05, 4.69) is 4.74 Å². The van der Waals surface area contributed by atoms with E-state index >= 15 is 0 Å². The second kappa shape index (κ2) is 4.84. The summed E-state index contributed by atoms with van der Waals surface area (Å²) in [5.41, 5.74) is 1.18. The van der Waals surface area contributed by atoms with Gasteiger partial charge in [-0.15, -0.1) is 0 Å². The fourth-order valence-electron chi connectivity index (χ4n) is 1.49. The Kier molecular flexibility index (Phi) is 3.73. The molecule has 1 saturated carbocycles. The number of carbonyl (C=O) groups excluding carboxylic acids is 1. The fourth-order valence-corrected chi connectivity index (χ4v) is 1.49. The molecule has 1 aliphatic rings. The summed E-state index contributed by atoms with van der Waals surface area (Å²) in [5, 5.41) is 0. The van der Waals surface area contributed by atoms with Gasteiger partial charge in [-0.2, -0.15) is 9.63 Å². The summed E-state index contributed by atoms with van der Waals surface area (Å²) in [6, 6.07) is 0. The van der Waals surface area contributed by atoms with Crippen LogP contribution in [0.2, 0.25) is 0 Å². The van der Waals surface area contributed by atoms with E-state index in [4.69, 9.17) is 4.84 Å². The molecule has 0 radical (unpaired) electrons. The molecule has 4 heteroatoms. The molecule has 1 rings (SSSR count). The number of methoxy groups -OCH3 is 1. The number of hydrogen-bond acceptors (Lipinski definition) is 3. The van der Waals surface area contributed by atoms with E-state index < -0.39 is 6.16 Å². The Morgan fingerprint density at radius 1 is 1.31 bits per heavy atom. The molecule has 0 atom stereocenters. The monoisotopic (exact) mass is 186 g/mol. The van der Waals surface area contributed by atoms with Crippen LogP contribution in [0.4, 0.5) is 4.79 Å². The lowest BCUT2D eigenvalue weighted by Crippen LogP contribution is -2.23. The molecule has 0 aliphatic heterocycles. The van der Waals surface area contributed by atoms with Gasteiger partial charge in [-0.1, -0.05) is 6.42 Å². The molecule has 13 heavy (non-hydrogen) atoms. The van der Waals surface area contributed by atoms with Crippen LogP contribution in [0.3, 0.4) is 0 Å². The van der Waals surface area contributed by atoms with Crippen molar-refractivity contribution in [3.8, 4) is 0 Å². The number of rotatable bonds is 1. The summed E-state index contributed by atoms with van der Waals surface area (Å²) in [6.07, 6.45) is 5.03. The van der Waals surface area contributed by atoms with E-state index in [0.29, 0.717) is 0 Å². The number of hydroxylamine groups is 1. The molecule has 0 unspecified atom stereocenters. The second-order valence-corrected chi connectivity index (χ2v) is 3.17. The maximum absolute atomic E-state index is 10.8. The first-order valence-corrected chi connectivity index (χ1v) is 4.58. The van der Waals surface area contributed by atoms with Crippen molar-refractivity contribution in [2.45, 2.75) is 32.1 Å². The largest absolute Gasteiger partial charge is 0.571 e. The Balaban J connectivity index is 2.51. The third-order valence-corrected chi connectivity index (χ3v) is 2.25. The molecular weight excluding hydrogens is 170 g/mol. The molecule has 0 aromatic rings. The first-order chi connectivity index (χ1) is 6.24. The van der Waals surface area contributed by atoms with E-state index in [-0.39, 0.29) is 0 Å². The molecule has 74 valence electrons. The van der Waals surface area contributed by atoms with Crippen LogP contribution in [0.25, 0.3) is 0 Å². The highest BCUT2D eigenvalue weighted by Gasteiger charge is 2.19. The molecule has 1 aliphatic carbocycles. The zero-order valence-electron chi connectivity index (χ0n) is 8.21. The average molecular weight is 186 g/mol. The Morgan fingerprint density at radius 3 is 2.46 bits per heavy atom. The van der Waals surface area contributed by atoms with E-state index in [9.17, 15) is 4.79 Å². The van der Waals surface area contributed by atoms with Gasteiger partial charge < -0.3 is 4.74 Å². The van der Waals surface area contributed by atoms with Gasteiger partial charge in [0, 0.05) is 12.8 Å². The van der Waals surface area contributed by atoms with Gasteiger partial charge in [-0.25, -0.2) is 0 Å². The summed E-state index contributed by atoms with van der Waals surface area (Å²) in [7, 11) is 3.05. The highest BCUT2D eigenvalue weighted by atomic mass is 16.8. The molecule has 4 nitrogen and oxygen atoms in total. The van der Waals surface area contributed by atoms with Gasteiger partial charge in [-0.05, 0) is 17.6 Å². The lowest BCUT2D eigenvalue weighted by Gasteiger charge is -2.08. The maximum Gasteiger partial charge on any atom is 0.571 e. The number of nitrogens with zero attached hydrogens (tertiary/aromatic N) is 1. The van der Waals surface area contributed by atoms with Crippen LogP contribution in [-0.2, 0) is 9.57 Å². The smallest absolute Gasteiger partial charge is 0.434 e. The van der Waals surface area contributed by atoms with Gasteiger partial charge in [0.15, 0.2) is 7.05 Å². The Hall–Kier alpha value is -1.06. The topological polar surface area (TPSA) is 38.5 Å². The fraction of sp³-hybridized carbons (Fsp3) is 0.778. The maximum atomic E-state index is 10.8. The minimum atomic E-state index is -0.652. The van der Waals surface area contributed by atoms with Crippen molar-refractivity contribution in [2.24, 2.45) is 0 Å². The molecule has 0 amide bonds. The van der Waals surface area contributed by atoms with Crippen molar-refractivity contribution in [1.29, 1.82) is 0 Å². The molecule has 0 aromatic carbocycles. The third kappa shape index (κ3) is 3.05. The lowest BCUT2D eigenvalue weighted by atomic mass is 9.99. The quantitative estimate of drug-likeness (QED) is 0.271. The second-order valence-electron chi connectivity index (χ2n) is 3.17. The molecule has 1 fully saturated rings. The SMILES string of the molecule is COC(=O)O[N+](C)=C1CCCCC1. The Bertz CT molecular complexity index is 215. The van der Waals surface area contributed by atoms with Gasteiger partial charge >= 0.3 is 6.16 Å². The predicted molar refractivity (Wildman–Crippen MR) is 47.8 cm³/mol. The van der Waals surface area contributed by atoms with Crippen LogP contribution in [0.1, 0.15) is 32.1 Å². The normalized spacial score (nSPS) is 16.6. The average Bonchev–Trinajstić information content (AvgIpc) is 2.19. The molecule has 0 bridgehead atoms. The van der Waals surface area contributed by atoms with Gasteiger partial charge in [-0.3, -0.25) is 0 Å². The zero-order valence-corrected chi connectivity index (χ0v) is 8.21. The van der Waals surface area contributed by atoms with Crippen LogP contribution in [-0.4, -0.2) is 30.8 Å². The van der Waals surface area contributed by atoms with Crippen LogP contribution in [0, 0.1) is 0 Å². The van der Waals surface area contributed by atoms with E-state index in [0.717, 1.165) is 12.8 Å². The lowest BCUT2D eigenvalue weighted by molar-refractivity contribution is -0.743. The first kappa shape index (κ1) is 10.0. The number of hydrogen-bond donors (Lipinski definition) is 0. The highest BCUT2D eigenvalue weighted by molar-refractivity contribution is 5.80. The highest BCUT2D eigenvalue weighted by Crippen LogP contribution is 2.14. The summed E-state index contributed by atoms with van der Waals surface area (Å²) < 4.78 is 5.93. The minimum absolute atomic E-state index is 0.652. The molecule has 0 heterocycles. The number of ether oxygens (including phenoxy) is 1. The molecule has 0 aromatic heterocycles. The van der Waals surface area contributed by atoms with Crippen molar-refractivity contribution in [1.82, 2.24) is 0 Å². The van der Waals surface area contributed by atoms with Crippen molar-refractivity contribution in [3.63, 3.8) is 0 Å². The van der Waals surface area contributed by atoms with Crippen LogP contribution < -0.4 is 0 Å². The number of carbonyl (C=O) groups is 1. The zero-order chi connectivity index (χ0) is 9.68.